The van der Waals surface area contributed by atoms with E-state index in [0.717, 1.165) is 5.56 Å². The minimum atomic E-state index is -0.493. The first-order chi connectivity index (χ1) is 9.11. The molecule has 0 atom stereocenters. The first-order valence-electron chi connectivity index (χ1n) is 5.23. The third-order valence-corrected chi connectivity index (χ3v) is 3.57. The van der Waals surface area contributed by atoms with Crippen molar-refractivity contribution >= 4 is 37.5 Å². The lowest BCUT2D eigenvalue weighted by Crippen LogP contribution is -1.95. The van der Waals surface area contributed by atoms with E-state index in [0.29, 0.717) is 15.7 Å². The summed E-state index contributed by atoms with van der Waals surface area (Å²) in [6.07, 6.45) is 1.65. The Morgan fingerprint density at radius 2 is 2.11 bits per heavy atom. The second-order valence-corrected chi connectivity index (χ2v) is 5.00. The molecule has 98 valence electrons. The Bertz CT molecular complexity index is 602. The molecule has 0 saturated carbocycles. The maximum absolute atomic E-state index is 10.9. The molecule has 0 N–H and O–H groups in total. The molecule has 0 spiro atoms. The summed E-state index contributed by atoms with van der Waals surface area (Å²) in [4.78, 5) is 14.5. The predicted molar refractivity (Wildman–Crippen MR) is 77.7 cm³/mol. The van der Waals surface area contributed by atoms with Gasteiger partial charge in [-0.1, -0.05) is 28.1 Å². The van der Waals surface area contributed by atoms with Crippen LogP contribution in [0.1, 0.15) is 5.56 Å². The van der Waals surface area contributed by atoms with Gasteiger partial charge in [-0.3, -0.25) is 10.1 Å². The molecule has 2 rings (SSSR count). The van der Waals surface area contributed by atoms with E-state index in [4.69, 9.17) is 4.74 Å². The van der Waals surface area contributed by atoms with Crippen LogP contribution in [0, 0.1) is 10.1 Å². The molecule has 2 aromatic rings. The second-order valence-electron chi connectivity index (χ2n) is 3.59. The molecule has 5 nitrogen and oxygen atoms in total. The largest absolute Gasteiger partial charge is 0.431 e. The molecule has 0 fully saturated rings. The first-order valence-corrected chi connectivity index (χ1v) is 7.15. The Kier molecular flexibility index (Phi) is 4.49. The van der Waals surface area contributed by atoms with Crippen LogP contribution in [-0.2, 0) is 5.33 Å². The maximum Gasteiger partial charge on any atom is 0.312 e. The van der Waals surface area contributed by atoms with Crippen molar-refractivity contribution in [1.82, 2.24) is 4.98 Å². The van der Waals surface area contributed by atoms with E-state index in [1.165, 1.54) is 6.07 Å². The number of hydrogen-bond donors (Lipinski definition) is 0. The summed E-state index contributed by atoms with van der Waals surface area (Å²) in [5.74, 6) is 0.450. The van der Waals surface area contributed by atoms with Gasteiger partial charge in [-0.25, -0.2) is 4.98 Å². The Balaban J connectivity index is 2.34. The Labute approximate surface area is 126 Å². The molecular weight excluding hydrogens is 380 g/mol. The van der Waals surface area contributed by atoms with E-state index in [1.807, 2.05) is 6.07 Å². The number of nitrogens with zero attached hydrogens (tertiary/aromatic N) is 2. The van der Waals surface area contributed by atoms with Crippen LogP contribution in [0.3, 0.4) is 0 Å². The summed E-state index contributed by atoms with van der Waals surface area (Å²) in [5.41, 5.74) is 0.884. The number of hydrogen-bond acceptors (Lipinski definition) is 4. The number of para-hydroxylation sites is 1. The highest BCUT2D eigenvalue weighted by molar-refractivity contribution is 9.10. The summed E-state index contributed by atoms with van der Waals surface area (Å²) in [5, 5.41) is 11.6. The van der Waals surface area contributed by atoms with E-state index in [2.05, 4.69) is 36.8 Å². The van der Waals surface area contributed by atoms with E-state index >= 15 is 0 Å². The average Bonchev–Trinajstić information content (AvgIpc) is 2.41. The van der Waals surface area contributed by atoms with Crippen molar-refractivity contribution in [2.45, 2.75) is 5.33 Å². The number of rotatable bonds is 4. The van der Waals surface area contributed by atoms with Crippen LogP contribution in [-0.4, -0.2) is 9.91 Å². The van der Waals surface area contributed by atoms with Crippen LogP contribution >= 0.6 is 31.9 Å². The molecule has 1 heterocycles. The molecule has 0 saturated heterocycles. The lowest BCUT2D eigenvalue weighted by atomic mass is 10.3. The number of alkyl halides is 1. The van der Waals surface area contributed by atoms with Crippen LogP contribution < -0.4 is 4.74 Å². The van der Waals surface area contributed by atoms with Gasteiger partial charge in [0.1, 0.15) is 0 Å². The second kappa shape index (κ2) is 6.12. The van der Waals surface area contributed by atoms with Crippen LogP contribution in [0.4, 0.5) is 5.69 Å². The van der Waals surface area contributed by atoms with Gasteiger partial charge in [-0.2, -0.15) is 0 Å². The molecule has 0 aliphatic rings. The number of ether oxygens (including phenoxy) is 1. The zero-order chi connectivity index (χ0) is 13.8. The monoisotopic (exact) mass is 386 g/mol. The lowest BCUT2D eigenvalue weighted by molar-refractivity contribution is -0.385. The van der Waals surface area contributed by atoms with Gasteiger partial charge < -0.3 is 4.74 Å². The molecule has 0 amide bonds. The molecule has 1 aromatic heterocycles. The van der Waals surface area contributed by atoms with Gasteiger partial charge in [0.2, 0.25) is 11.6 Å². The number of nitro benzene ring substituents is 1. The van der Waals surface area contributed by atoms with Gasteiger partial charge in [-0.15, -0.1) is 0 Å². The van der Waals surface area contributed by atoms with Gasteiger partial charge in [0.25, 0.3) is 0 Å². The summed E-state index contributed by atoms with van der Waals surface area (Å²) in [7, 11) is 0. The van der Waals surface area contributed by atoms with Crippen molar-refractivity contribution in [2.24, 2.45) is 0 Å². The number of nitro groups is 1. The zero-order valence-electron chi connectivity index (χ0n) is 9.55. The summed E-state index contributed by atoms with van der Waals surface area (Å²) in [6, 6.07) is 8.14. The third kappa shape index (κ3) is 3.30. The SMILES string of the molecule is O=[N+]([O-])c1cccc(Br)c1Oc1ccc(CBr)cn1. The molecular formula is C12H8Br2N2O3. The van der Waals surface area contributed by atoms with Gasteiger partial charge in [0.05, 0.1) is 9.40 Å². The lowest BCUT2D eigenvalue weighted by Gasteiger charge is -2.07. The van der Waals surface area contributed by atoms with Crippen molar-refractivity contribution < 1.29 is 9.66 Å². The van der Waals surface area contributed by atoms with Crippen LogP contribution in [0.15, 0.2) is 41.0 Å². The number of benzene rings is 1. The van der Waals surface area contributed by atoms with Crippen LogP contribution in [0.5, 0.6) is 11.6 Å². The van der Waals surface area contributed by atoms with Crippen molar-refractivity contribution in [3.8, 4) is 11.6 Å². The van der Waals surface area contributed by atoms with Gasteiger partial charge in [0, 0.05) is 23.7 Å². The standard InChI is InChI=1S/C12H8Br2N2O3/c13-6-8-4-5-11(15-7-8)19-12-9(14)2-1-3-10(12)16(17)18/h1-5,7H,6H2. The number of halogens is 2. The molecule has 0 bridgehead atoms. The van der Waals surface area contributed by atoms with Crippen molar-refractivity contribution in [1.29, 1.82) is 0 Å². The minimum Gasteiger partial charge on any atom is -0.431 e. The highest BCUT2D eigenvalue weighted by Gasteiger charge is 2.19. The predicted octanol–water partition coefficient (Wildman–Crippen LogP) is 4.44. The summed E-state index contributed by atoms with van der Waals surface area (Å²) < 4.78 is 5.99. The smallest absolute Gasteiger partial charge is 0.312 e. The quantitative estimate of drug-likeness (QED) is 0.442. The van der Waals surface area contributed by atoms with Crippen LogP contribution in [0.2, 0.25) is 0 Å². The first kappa shape index (κ1) is 14.0. The molecule has 0 aliphatic carbocycles. The fraction of sp³-hybridized carbons (Fsp3) is 0.0833. The van der Waals surface area contributed by atoms with Gasteiger partial charge in [-0.05, 0) is 27.6 Å². The number of aromatic nitrogens is 1. The van der Waals surface area contributed by atoms with Crippen molar-refractivity contribution in [2.75, 3.05) is 0 Å². The topological polar surface area (TPSA) is 65.3 Å². The molecule has 0 radical (unpaired) electrons. The summed E-state index contributed by atoms with van der Waals surface area (Å²) in [6.45, 7) is 0. The normalized spacial score (nSPS) is 10.2. The van der Waals surface area contributed by atoms with E-state index in [1.54, 1.807) is 24.4 Å². The fourth-order valence-electron chi connectivity index (χ4n) is 1.40. The molecule has 0 unspecified atom stereocenters. The zero-order valence-corrected chi connectivity index (χ0v) is 12.7. The van der Waals surface area contributed by atoms with Crippen LogP contribution in [0.25, 0.3) is 0 Å². The molecule has 1 aromatic carbocycles. The molecule has 19 heavy (non-hydrogen) atoms. The van der Waals surface area contributed by atoms with Crippen molar-refractivity contribution in [3.63, 3.8) is 0 Å². The minimum absolute atomic E-state index is 0.110. The Morgan fingerprint density at radius 3 is 2.68 bits per heavy atom. The van der Waals surface area contributed by atoms with E-state index < -0.39 is 4.92 Å². The summed E-state index contributed by atoms with van der Waals surface area (Å²) >= 11 is 6.55. The fourth-order valence-corrected chi connectivity index (χ4v) is 2.17. The van der Waals surface area contributed by atoms with E-state index in [9.17, 15) is 10.1 Å². The van der Waals surface area contributed by atoms with Gasteiger partial charge in [0.15, 0.2) is 0 Å². The maximum atomic E-state index is 10.9. The van der Waals surface area contributed by atoms with E-state index in [-0.39, 0.29) is 11.4 Å². The highest BCUT2D eigenvalue weighted by Crippen LogP contribution is 2.37. The molecule has 7 heteroatoms. The Morgan fingerprint density at radius 1 is 1.32 bits per heavy atom. The van der Waals surface area contributed by atoms with Crippen molar-refractivity contribution in [3.05, 3.63) is 56.7 Å². The molecule has 0 aliphatic heterocycles. The third-order valence-electron chi connectivity index (χ3n) is 2.30. The van der Waals surface area contributed by atoms with Gasteiger partial charge >= 0.3 is 5.69 Å². The number of pyridine rings is 1. The average molecular weight is 388 g/mol. The Hall–Kier alpha value is -1.47. The highest BCUT2D eigenvalue weighted by atomic mass is 79.9.